The number of esters is 1. The first-order valence-corrected chi connectivity index (χ1v) is 10.8. The number of aromatic nitrogens is 1. The van der Waals surface area contributed by atoms with Crippen LogP contribution in [0.5, 0.6) is 0 Å². The monoisotopic (exact) mass is 454 g/mol. The van der Waals surface area contributed by atoms with Crippen molar-refractivity contribution in [2.24, 2.45) is 17.0 Å². The molecule has 1 aliphatic heterocycles. The highest BCUT2D eigenvalue weighted by Gasteiger charge is 2.50. The van der Waals surface area contributed by atoms with E-state index in [0.29, 0.717) is 11.4 Å². The van der Waals surface area contributed by atoms with Crippen LogP contribution in [-0.4, -0.2) is 47.1 Å². The van der Waals surface area contributed by atoms with E-state index in [2.05, 4.69) is 16.7 Å². The number of hydrogen-bond donors (Lipinski definition) is 0. The summed E-state index contributed by atoms with van der Waals surface area (Å²) < 4.78 is 18.1. The number of carbonyl (C=O) groups excluding carboxylic acids is 3. The van der Waals surface area contributed by atoms with Gasteiger partial charge in [-0.25, -0.2) is 4.39 Å². The Morgan fingerprint density at radius 3 is 2.70 bits per heavy atom. The highest BCUT2D eigenvalue weighted by molar-refractivity contribution is 6.12. The maximum Gasteiger partial charge on any atom is 0.306 e. The number of alkyl halides is 1. The second kappa shape index (κ2) is 10.5. The molecule has 1 aromatic carbocycles. The van der Waals surface area contributed by atoms with Crippen LogP contribution in [0, 0.1) is 11.8 Å². The van der Waals surface area contributed by atoms with Gasteiger partial charge in [0, 0.05) is 36.3 Å². The van der Waals surface area contributed by atoms with Crippen LogP contribution >= 0.6 is 0 Å². The number of ether oxygens (including phenoxy) is 1. The second-order valence-corrected chi connectivity index (χ2v) is 8.33. The molecule has 0 radical (unpaired) electrons. The summed E-state index contributed by atoms with van der Waals surface area (Å²) in [6.07, 6.45) is 2.46. The molecule has 2 aromatic rings. The van der Waals surface area contributed by atoms with E-state index in [1.54, 1.807) is 6.20 Å². The maximum absolute atomic E-state index is 13.4. The highest BCUT2D eigenvalue weighted by Crippen LogP contribution is 2.37. The smallest absolute Gasteiger partial charge is 0.306 e. The first-order chi connectivity index (χ1) is 15.8. The van der Waals surface area contributed by atoms with Crippen molar-refractivity contribution < 1.29 is 28.3 Å². The van der Waals surface area contributed by atoms with E-state index in [1.165, 1.54) is 6.08 Å². The van der Waals surface area contributed by atoms with Crippen molar-refractivity contribution in [2.75, 3.05) is 13.3 Å². The van der Waals surface area contributed by atoms with Crippen molar-refractivity contribution in [3.05, 3.63) is 54.9 Å². The molecular weight excluding hydrogens is 427 g/mol. The van der Waals surface area contributed by atoms with Gasteiger partial charge in [-0.15, -0.1) is 0 Å². The van der Waals surface area contributed by atoms with Gasteiger partial charge < -0.3 is 9.57 Å². The number of ketones is 2. The van der Waals surface area contributed by atoms with Crippen LogP contribution in [0.4, 0.5) is 4.39 Å². The van der Waals surface area contributed by atoms with E-state index >= 15 is 0 Å². The van der Waals surface area contributed by atoms with Gasteiger partial charge in [0.25, 0.3) is 0 Å². The number of nitrogens with zero attached hydrogens (tertiary/aromatic N) is 2. The number of halogens is 1. The Morgan fingerprint density at radius 1 is 1.24 bits per heavy atom. The molecule has 0 bridgehead atoms. The van der Waals surface area contributed by atoms with Gasteiger partial charge in [0.1, 0.15) is 19.0 Å². The molecule has 7 nitrogen and oxygen atoms in total. The van der Waals surface area contributed by atoms with Gasteiger partial charge >= 0.3 is 5.97 Å². The molecule has 2 atom stereocenters. The summed E-state index contributed by atoms with van der Waals surface area (Å²) >= 11 is 0. The Kier molecular flexibility index (Phi) is 7.68. The summed E-state index contributed by atoms with van der Waals surface area (Å²) in [5, 5.41) is 6.05. The minimum atomic E-state index is -1.34. The molecule has 0 aliphatic carbocycles. The lowest BCUT2D eigenvalue weighted by atomic mass is 9.77. The van der Waals surface area contributed by atoms with E-state index < -0.39 is 42.2 Å². The third kappa shape index (κ3) is 5.16. The van der Waals surface area contributed by atoms with Crippen molar-refractivity contribution in [2.45, 2.75) is 38.7 Å². The first-order valence-electron chi connectivity index (χ1n) is 10.8. The summed E-state index contributed by atoms with van der Waals surface area (Å²) in [6.45, 7) is 5.78. The van der Waals surface area contributed by atoms with Crippen LogP contribution in [0.2, 0.25) is 0 Å². The van der Waals surface area contributed by atoms with E-state index in [9.17, 15) is 18.8 Å². The van der Waals surface area contributed by atoms with Gasteiger partial charge in [0.05, 0.1) is 12.1 Å². The van der Waals surface area contributed by atoms with Crippen molar-refractivity contribution in [3.8, 4) is 0 Å². The molecule has 0 spiro atoms. The lowest BCUT2D eigenvalue weighted by molar-refractivity contribution is -0.152. The number of carbonyl (C=O) groups is 3. The van der Waals surface area contributed by atoms with Crippen LogP contribution in [-0.2, 0) is 24.0 Å². The Bertz CT molecular complexity index is 1090. The van der Waals surface area contributed by atoms with Gasteiger partial charge in [-0.2, -0.15) is 0 Å². The largest absolute Gasteiger partial charge is 0.461 e. The lowest BCUT2D eigenvalue weighted by Crippen LogP contribution is -2.45. The third-order valence-corrected chi connectivity index (χ3v) is 5.89. The molecule has 0 unspecified atom stereocenters. The fourth-order valence-electron chi connectivity index (χ4n) is 3.92. The average molecular weight is 454 g/mol. The lowest BCUT2D eigenvalue weighted by Gasteiger charge is -2.30. The summed E-state index contributed by atoms with van der Waals surface area (Å²) in [5.74, 6) is -3.38. The molecule has 3 rings (SSSR count). The van der Waals surface area contributed by atoms with Crippen LogP contribution in [0.15, 0.2) is 54.3 Å². The number of pyridine rings is 1. The Labute approximate surface area is 191 Å². The zero-order valence-corrected chi connectivity index (χ0v) is 18.8. The van der Waals surface area contributed by atoms with E-state index in [0.717, 1.165) is 10.8 Å². The van der Waals surface area contributed by atoms with E-state index in [-0.39, 0.29) is 25.4 Å². The van der Waals surface area contributed by atoms with Crippen LogP contribution in [0.1, 0.15) is 38.8 Å². The zero-order valence-electron chi connectivity index (χ0n) is 18.8. The maximum atomic E-state index is 13.4. The number of rotatable bonds is 11. The highest BCUT2D eigenvalue weighted by atomic mass is 19.1. The minimum Gasteiger partial charge on any atom is -0.461 e. The van der Waals surface area contributed by atoms with Gasteiger partial charge in [0.15, 0.2) is 11.6 Å². The molecule has 33 heavy (non-hydrogen) atoms. The van der Waals surface area contributed by atoms with E-state index in [1.807, 2.05) is 44.2 Å². The van der Waals surface area contributed by atoms with Crippen molar-refractivity contribution >= 4 is 34.0 Å². The van der Waals surface area contributed by atoms with Crippen molar-refractivity contribution in [1.29, 1.82) is 0 Å². The normalized spacial score (nSPS) is 18.5. The SMILES string of the molecule is C=CCOC(=O)C[C@H](CC(=O)[C@]1(C(C)C)CC(c2nccc3ccccc23)=NO1)C(=O)CF. The molecule has 1 aromatic heterocycles. The number of hydrogen-bond acceptors (Lipinski definition) is 7. The number of fused-ring (bicyclic) bond motifs is 1. The Hall–Kier alpha value is -3.42. The zero-order chi connectivity index (χ0) is 24.0. The molecule has 0 saturated carbocycles. The number of Topliss-reactive ketones (excluding diaryl/α,β-unsaturated/α-hetero) is 2. The predicted molar refractivity (Wildman–Crippen MR) is 121 cm³/mol. The fourth-order valence-corrected chi connectivity index (χ4v) is 3.92. The molecular formula is C25H27FN2O5. The molecule has 8 heteroatoms. The second-order valence-electron chi connectivity index (χ2n) is 8.33. The molecule has 174 valence electrons. The summed E-state index contributed by atoms with van der Waals surface area (Å²) in [6, 6.07) is 9.57. The summed E-state index contributed by atoms with van der Waals surface area (Å²) in [4.78, 5) is 47.7. The molecule has 0 fully saturated rings. The van der Waals surface area contributed by atoms with Crippen molar-refractivity contribution in [1.82, 2.24) is 4.98 Å². The third-order valence-electron chi connectivity index (χ3n) is 5.89. The molecule has 1 aliphatic rings. The van der Waals surface area contributed by atoms with Crippen molar-refractivity contribution in [3.63, 3.8) is 0 Å². The standard InChI is InChI=1S/C25H27FN2O5/c1-4-11-32-23(31)13-18(21(29)15-26)12-22(30)25(16(2)3)14-20(28-33-25)24-19-8-6-5-7-17(19)9-10-27-24/h4-10,16,18H,1,11-15H2,2-3H3/t18-,25+/m0/s1. The quantitative estimate of drug-likeness (QED) is 0.376. The van der Waals surface area contributed by atoms with Gasteiger partial charge in [-0.05, 0) is 11.5 Å². The van der Waals surface area contributed by atoms with Gasteiger partial charge in [0.2, 0.25) is 5.60 Å². The average Bonchev–Trinajstić information content (AvgIpc) is 3.28. The number of oxime groups is 1. The Morgan fingerprint density at radius 2 is 2.00 bits per heavy atom. The fraction of sp³-hybridized carbons (Fsp3) is 0.400. The summed E-state index contributed by atoms with van der Waals surface area (Å²) in [5.41, 5.74) is -0.200. The summed E-state index contributed by atoms with van der Waals surface area (Å²) in [7, 11) is 0. The minimum absolute atomic E-state index is 0.0302. The molecule has 0 saturated heterocycles. The van der Waals surface area contributed by atoms with Gasteiger partial charge in [-0.3, -0.25) is 19.4 Å². The molecule has 0 amide bonds. The first kappa shape index (κ1) is 24.2. The topological polar surface area (TPSA) is 94.9 Å². The molecule has 2 heterocycles. The van der Waals surface area contributed by atoms with Gasteiger partial charge in [-0.1, -0.05) is 55.9 Å². The predicted octanol–water partition coefficient (Wildman–Crippen LogP) is 3.99. The van der Waals surface area contributed by atoms with Crippen LogP contribution < -0.4 is 0 Å². The molecule has 0 N–H and O–H groups in total. The van der Waals surface area contributed by atoms with Crippen LogP contribution in [0.3, 0.4) is 0 Å². The van der Waals surface area contributed by atoms with E-state index in [4.69, 9.17) is 9.57 Å². The Balaban J connectivity index is 1.83. The van der Waals surface area contributed by atoms with Crippen LogP contribution in [0.25, 0.3) is 10.8 Å². The number of benzene rings is 1.